The lowest BCUT2D eigenvalue weighted by Crippen LogP contribution is -2.44. The van der Waals surface area contributed by atoms with Gasteiger partial charge in [-0.05, 0) is 39.9 Å². The van der Waals surface area contributed by atoms with Crippen LogP contribution in [0.15, 0.2) is 0 Å². The SMILES string of the molecule is CCC(C)OCCN(C)CCCN1CCNCC1. The van der Waals surface area contributed by atoms with E-state index < -0.39 is 0 Å². The van der Waals surface area contributed by atoms with Gasteiger partial charge < -0.3 is 19.9 Å². The van der Waals surface area contributed by atoms with Gasteiger partial charge in [0.1, 0.15) is 0 Å². The van der Waals surface area contributed by atoms with Crippen molar-refractivity contribution in [1.29, 1.82) is 0 Å². The second kappa shape index (κ2) is 9.73. The van der Waals surface area contributed by atoms with Gasteiger partial charge in [0.15, 0.2) is 0 Å². The maximum atomic E-state index is 5.70. The summed E-state index contributed by atoms with van der Waals surface area (Å²) in [5.74, 6) is 0. The molecule has 4 nitrogen and oxygen atoms in total. The average molecular weight is 257 g/mol. The van der Waals surface area contributed by atoms with Crippen LogP contribution in [-0.4, -0.2) is 75.4 Å². The summed E-state index contributed by atoms with van der Waals surface area (Å²) in [5, 5.41) is 3.39. The van der Waals surface area contributed by atoms with Gasteiger partial charge >= 0.3 is 0 Å². The fourth-order valence-electron chi connectivity index (χ4n) is 2.14. The second-order valence-electron chi connectivity index (χ2n) is 5.34. The Morgan fingerprint density at radius 1 is 1.28 bits per heavy atom. The van der Waals surface area contributed by atoms with E-state index in [-0.39, 0.29) is 0 Å². The van der Waals surface area contributed by atoms with Crippen molar-refractivity contribution in [3.63, 3.8) is 0 Å². The first-order valence-electron chi connectivity index (χ1n) is 7.45. The van der Waals surface area contributed by atoms with Crippen molar-refractivity contribution in [2.45, 2.75) is 32.8 Å². The summed E-state index contributed by atoms with van der Waals surface area (Å²) in [6, 6.07) is 0. The molecular formula is C14H31N3O. The summed E-state index contributed by atoms with van der Waals surface area (Å²) in [7, 11) is 2.19. The fourth-order valence-corrected chi connectivity index (χ4v) is 2.14. The predicted molar refractivity (Wildman–Crippen MR) is 77.1 cm³/mol. The number of hydrogen-bond donors (Lipinski definition) is 1. The first-order chi connectivity index (χ1) is 8.72. The van der Waals surface area contributed by atoms with Crippen LogP contribution in [0.4, 0.5) is 0 Å². The van der Waals surface area contributed by atoms with Gasteiger partial charge in [-0.1, -0.05) is 6.92 Å². The molecule has 0 saturated carbocycles. The normalized spacial score (nSPS) is 19.3. The van der Waals surface area contributed by atoms with Crippen LogP contribution in [0.5, 0.6) is 0 Å². The lowest BCUT2D eigenvalue weighted by Gasteiger charge is -2.28. The predicted octanol–water partition coefficient (Wildman–Crippen LogP) is 1.03. The quantitative estimate of drug-likeness (QED) is 0.668. The summed E-state index contributed by atoms with van der Waals surface area (Å²) < 4.78 is 5.70. The fraction of sp³-hybridized carbons (Fsp3) is 1.00. The van der Waals surface area contributed by atoms with Crippen LogP contribution in [0.25, 0.3) is 0 Å². The van der Waals surface area contributed by atoms with Crippen molar-refractivity contribution in [3.05, 3.63) is 0 Å². The molecule has 1 saturated heterocycles. The molecule has 1 N–H and O–H groups in total. The molecule has 0 aromatic heterocycles. The number of piperazine rings is 1. The molecular weight excluding hydrogens is 226 g/mol. The third kappa shape index (κ3) is 7.31. The highest BCUT2D eigenvalue weighted by Gasteiger charge is 2.09. The Morgan fingerprint density at radius 2 is 2.00 bits per heavy atom. The van der Waals surface area contributed by atoms with Gasteiger partial charge in [0.05, 0.1) is 12.7 Å². The zero-order valence-electron chi connectivity index (χ0n) is 12.5. The van der Waals surface area contributed by atoms with Crippen molar-refractivity contribution in [1.82, 2.24) is 15.1 Å². The van der Waals surface area contributed by atoms with Gasteiger partial charge in [-0.15, -0.1) is 0 Å². The highest BCUT2D eigenvalue weighted by Crippen LogP contribution is 1.98. The van der Waals surface area contributed by atoms with E-state index in [2.05, 4.69) is 36.0 Å². The van der Waals surface area contributed by atoms with Gasteiger partial charge in [-0.25, -0.2) is 0 Å². The van der Waals surface area contributed by atoms with Crippen LogP contribution in [-0.2, 0) is 4.74 Å². The van der Waals surface area contributed by atoms with E-state index in [1.54, 1.807) is 0 Å². The van der Waals surface area contributed by atoms with Gasteiger partial charge in [0.25, 0.3) is 0 Å². The maximum Gasteiger partial charge on any atom is 0.0596 e. The Kier molecular flexibility index (Phi) is 8.59. The van der Waals surface area contributed by atoms with Crippen molar-refractivity contribution >= 4 is 0 Å². The molecule has 0 amide bonds. The minimum Gasteiger partial charge on any atom is -0.377 e. The van der Waals surface area contributed by atoms with Gasteiger partial charge in [-0.3, -0.25) is 0 Å². The van der Waals surface area contributed by atoms with Crippen LogP contribution >= 0.6 is 0 Å². The zero-order chi connectivity index (χ0) is 13.2. The smallest absolute Gasteiger partial charge is 0.0596 e. The molecule has 108 valence electrons. The summed E-state index contributed by atoms with van der Waals surface area (Å²) in [6.45, 7) is 13.3. The summed E-state index contributed by atoms with van der Waals surface area (Å²) in [4.78, 5) is 4.94. The van der Waals surface area contributed by atoms with E-state index in [9.17, 15) is 0 Å². The third-order valence-electron chi connectivity index (χ3n) is 3.67. The minimum atomic E-state index is 0.402. The molecule has 1 fully saturated rings. The molecule has 1 atom stereocenters. The second-order valence-corrected chi connectivity index (χ2v) is 5.34. The van der Waals surface area contributed by atoms with Gasteiger partial charge in [-0.2, -0.15) is 0 Å². The largest absolute Gasteiger partial charge is 0.377 e. The van der Waals surface area contributed by atoms with E-state index in [4.69, 9.17) is 4.74 Å². The van der Waals surface area contributed by atoms with E-state index in [1.165, 1.54) is 32.6 Å². The average Bonchev–Trinajstić information content (AvgIpc) is 2.39. The number of likely N-dealkylation sites (N-methyl/N-ethyl adjacent to an activating group) is 1. The Bertz CT molecular complexity index is 195. The molecule has 1 heterocycles. The molecule has 1 rings (SSSR count). The van der Waals surface area contributed by atoms with Gasteiger partial charge in [0.2, 0.25) is 0 Å². The van der Waals surface area contributed by atoms with Crippen molar-refractivity contribution in [2.75, 3.05) is 59.5 Å². The Labute approximate surface area is 113 Å². The Morgan fingerprint density at radius 3 is 2.67 bits per heavy atom. The molecule has 18 heavy (non-hydrogen) atoms. The molecule has 0 radical (unpaired) electrons. The van der Waals surface area contributed by atoms with Crippen LogP contribution in [0.2, 0.25) is 0 Å². The van der Waals surface area contributed by atoms with E-state index in [1.807, 2.05) is 0 Å². The molecule has 1 aliphatic heterocycles. The summed E-state index contributed by atoms with van der Waals surface area (Å²) in [5.41, 5.74) is 0. The molecule has 4 heteroatoms. The van der Waals surface area contributed by atoms with Gasteiger partial charge in [0, 0.05) is 32.7 Å². The number of nitrogens with one attached hydrogen (secondary N) is 1. The highest BCUT2D eigenvalue weighted by atomic mass is 16.5. The highest BCUT2D eigenvalue weighted by molar-refractivity contribution is 4.67. The Hall–Kier alpha value is -0.160. The molecule has 0 bridgehead atoms. The monoisotopic (exact) mass is 257 g/mol. The van der Waals surface area contributed by atoms with Crippen molar-refractivity contribution in [2.24, 2.45) is 0 Å². The number of hydrogen-bond acceptors (Lipinski definition) is 4. The molecule has 0 aliphatic carbocycles. The summed E-state index contributed by atoms with van der Waals surface area (Å²) in [6.07, 6.45) is 2.77. The lowest BCUT2D eigenvalue weighted by molar-refractivity contribution is 0.0499. The molecule has 0 aromatic carbocycles. The first kappa shape index (κ1) is 15.9. The molecule has 1 unspecified atom stereocenters. The molecule has 0 spiro atoms. The number of nitrogens with zero attached hydrogens (tertiary/aromatic N) is 2. The molecule has 1 aliphatic rings. The summed E-state index contributed by atoms with van der Waals surface area (Å²) >= 11 is 0. The van der Waals surface area contributed by atoms with Crippen LogP contribution in [0.1, 0.15) is 26.7 Å². The number of rotatable bonds is 9. The lowest BCUT2D eigenvalue weighted by atomic mass is 10.3. The third-order valence-corrected chi connectivity index (χ3v) is 3.67. The first-order valence-corrected chi connectivity index (χ1v) is 7.45. The van der Waals surface area contributed by atoms with E-state index in [0.29, 0.717) is 6.10 Å². The molecule has 0 aromatic rings. The van der Waals surface area contributed by atoms with Crippen molar-refractivity contribution < 1.29 is 4.74 Å². The van der Waals surface area contributed by atoms with Crippen LogP contribution in [0.3, 0.4) is 0 Å². The van der Waals surface area contributed by atoms with Crippen molar-refractivity contribution in [3.8, 4) is 0 Å². The zero-order valence-corrected chi connectivity index (χ0v) is 12.5. The Balaban J connectivity index is 1.94. The van der Waals surface area contributed by atoms with Crippen LogP contribution in [0, 0.1) is 0 Å². The van der Waals surface area contributed by atoms with E-state index >= 15 is 0 Å². The number of ether oxygens (including phenoxy) is 1. The standard InChI is InChI=1S/C14H31N3O/c1-4-14(2)18-13-12-16(3)8-5-9-17-10-6-15-7-11-17/h14-15H,4-13H2,1-3H3. The maximum absolute atomic E-state index is 5.70. The van der Waals surface area contributed by atoms with Crippen LogP contribution < -0.4 is 5.32 Å². The van der Waals surface area contributed by atoms with E-state index in [0.717, 1.165) is 32.7 Å². The minimum absolute atomic E-state index is 0.402. The topological polar surface area (TPSA) is 27.7 Å².